The summed E-state index contributed by atoms with van der Waals surface area (Å²) < 4.78 is 6.51. The molecule has 0 aromatic heterocycles. The first kappa shape index (κ1) is 18.1. The summed E-state index contributed by atoms with van der Waals surface area (Å²) in [6, 6.07) is 10.3. The third kappa shape index (κ3) is 3.64. The van der Waals surface area contributed by atoms with Gasteiger partial charge in [0.05, 0.1) is 10.3 Å². The minimum absolute atomic E-state index is 0.0621. The molecule has 1 aliphatic rings. The van der Waals surface area contributed by atoms with Crippen LogP contribution in [0.4, 0.5) is 5.69 Å². The Morgan fingerprint density at radius 1 is 1.32 bits per heavy atom. The Kier molecular flexibility index (Phi) is 5.29. The van der Waals surface area contributed by atoms with E-state index in [-0.39, 0.29) is 18.0 Å². The molecule has 2 aromatic carbocycles. The standard InChI is InChI=1S/C18H15ClINO4/c19-13-3-5-15-12(8-13)2-1-7-18(15,10-22)11-25-17-6-4-14(20)9-16(17)21(23)24/h3-6,8-10H,1-2,7,11H2. The summed E-state index contributed by atoms with van der Waals surface area (Å²) in [7, 11) is 0. The second kappa shape index (κ2) is 7.29. The zero-order valence-electron chi connectivity index (χ0n) is 13.2. The van der Waals surface area contributed by atoms with Gasteiger partial charge in [0.1, 0.15) is 12.9 Å². The summed E-state index contributed by atoms with van der Waals surface area (Å²) in [5, 5.41) is 11.9. The van der Waals surface area contributed by atoms with E-state index in [1.807, 2.05) is 34.7 Å². The monoisotopic (exact) mass is 471 g/mol. The zero-order valence-corrected chi connectivity index (χ0v) is 16.1. The molecule has 0 radical (unpaired) electrons. The number of halogens is 2. The van der Waals surface area contributed by atoms with Gasteiger partial charge in [-0.2, -0.15) is 0 Å². The van der Waals surface area contributed by atoms with E-state index in [4.69, 9.17) is 16.3 Å². The number of ether oxygens (including phenoxy) is 1. The number of hydrogen-bond acceptors (Lipinski definition) is 4. The first-order chi connectivity index (χ1) is 11.9. The first-order valence-corrected chi connectivity index (χ1v) is 9.23. The summed E-state index contributed by atoms with van der Waals surface area (Å²) >= 11 is 8.07. The maximum Gasteiger partial charge on any atom is 0.311 e. The van der Waals surface area contributed by atoms with Gasteiger partial charge in [0, 0.05) is 14.7 Å². The largest absolute Gasteiger partial charge is 0.485 e. The maximum atomic E-state index is 12.0. The number of nitrogens with zero attached hydrogens (tertiary/aromatic N) is 1. The highest BCUT2D eigenvalue weighted by atomic mass is 127. The Morgan fingerprint density at radius 2 is 2.12 bits per heavy atom. The molecule has 0 saturated carbocycles. The topological polar surface area (TPSA) is 69.4 Å². The van der Waals surface area contributed by atoms with Gasteiger partial charge in [0.15, 0.2) is 5.75 Å². The second-order valence-electron chi connectivity index (χ2n) is 6.09. The summed E-state index contributed by atoms with van der Waals surface area (Å²) in [6.07, 6.45) is 3.24. The number of benzene rings is 2. The lowest BCUT2D eigenvalue weighted by Crippen LogP contribution is -2.38. The normalized spacial score (nSPS) is 19.1. The molecule has 5 nitrogen and oxygen atoms in total. The number of nitro groups is 1. The van der Waals surface area contributed by atoms with Crippen LogP contribution in [0.15, 0.2) is 36.4 Å². The van der Waals surface area contributed by atoms with E-state index in [0.717, 1.165) is 33.8 Å². The highest BCUT2D eigenvalue weighted by Crippen LogP contribution is 2.39. The van der Waals surface area contributed by atoms with E-state index in [9.17, 15) is 14.9 Å². The van der Waals surface area contributed by atoms with Crippen LogP contribution in [-0.4, -0.2) is 17.8 Å². The first-order valence-electron chi connectivity index (χ1n) is 7.77. The minimum Gasteiger partial charge on any atom is -0.485 e. The molecule has 3 rings (SSSR count). The molecule has 0 aliphatic heterocycles. The molecule has 1 unspecified atom stereocenters. The van der Waals surface area contributed by atoms with Crippen molar-refractivity contribution in [3.05, 3.63) is 66.2 Å². The summed E-state index contributed by atoms with van der Waals surface area (Å²) in [6.45, 7) is 0.0621. The average Bonchev–Trinajstić information content (AvgIpc) is 2.60. The van der Waals surface area contributed by atoms with Crippen molar-refractivity contribution < 1.29 is 14.5 Å². The Labute approximate surface area is 163 Å². The van der Waals surface area contributed by atoms with E-state index < -0.39 is 10.3 Å². The number of carbonyl (C=O) groups excluding carboxylic acids is 1. The Hall–Kier alpha value is -1.67. The lowest BCUT2D eigenvalue weighted by molar-refractivity contribution is -0.386. The van der Waals surface area contributed by atoms with Crippen molar-refractivity contribution in [3.63, 3.8) is 0 Å². The molecule has 0 fully saturated rings. The van der Waals surface area contributed by atoms with Crippen LogP contribution < -0.4 is 4.74 Å². The fraction of sp³-hybridized carbons (Fsp3) is 0.278. The van der Waals surface area contributed by atoms with Crippen LogP contribution in [-0.2, 0) is 16.6 Å². The molecule has 0 amide bonds. The molecular weight excluding hydrogens is 457 g/mol. The molecular formula is C18H15ClINO4. The van der Waals surface area contributed by atoms with Crippen molar-refractivity contribution in [2.75, 3.05) is 6.61 Å². The lowest BCUT2D eigenvalue weighted by Gasteiger charge is -2.34. The number of carbonyl (C=O) groups is 1. The average molecular weight is 472 g/mol. The second-order valence-corrected chi connectivity index (χ2v) is 7.77. The van der Waals surface area contributed by atoms with Gasteiger partial charge in [-0.25, -0.2) is 0 Å². The van der Waals surface area contributed by atoms with Crippen molar-refractivity contribution in [3.8, 4) is 5.75 Å². The van der Waals surface area contributed by atoms with E-state index in [2.05, 4.69) is 0 Å². The predicted molar refractivity (Wildman–Crippen MR) is 103 cm³/mol. The van der Waals surface area contributed by atoms with Crippen molar-refractivity contribution >= 4 is 46.2 Å². The third-order valence-corrected chi connectivity index (χ3v) is 5.41. The SMILES string of the molecule is O=CC1(COc2ccc(I)cc2[N+](=O)[O-])CCCc2cc(Cl)ccc21. The van der Waals surface area contributed by atoms with Gasteiger partial charge in [0.2, 0.25) is 0 Å². The molecule has 1 atom stereocenters. The van der Waals surface area contributed by atoms with E-state index in [0.29, 0.717) is 11.4 Å². The number of aldehydes is 1. The van der Waals surface area contributed by atoms with Crippen LogP contribution >= 0.6 is 34.2 Å². The van der Waals surface area contributed by atoms with E-state index in [1.54, 1.807) is 18.2 Å². The van der Waals surface area contributed by atoms with Gasteiger partial charge < -0.3 is 9.53 Å². The molecule has 2 aromatic rings. The molecule has 0 spiro atoms. The number of nitro benzene ring substituents is 1. The summed E-state index contributed by atoms with van der Waals surface area (Å²) in [5.41, 5.74) is 1.02. The smallest absolute Gasteiger partial charge is 0.311 e. The summed E-state index contributed by atoms with van der Waals surface area (Å²) in [4.78, 5) is 22.8. The van der Waals surface area contributed by atoms with Gasteiger partial charge in [-0.15, -0.1) is 0 Å². The molecule has 0 saturated heterocycles. The molecule has 25 heavy (non-hydrogen) atoms. The molecule has 7 heteroatoms. The molecule has 1 aliphatic carbocycles. The number of hydrogen-bond donors (Lipinski definition) is 0. The van der Waals surface area contributed by atoms with Gasteiger partial charge in [-0.1, -0.05) is 17.7 Å². The quantitative estimate of drug-likeness (QED) is 0.274. The highest BCUT2D eigenvalue weighted by Gasteiger charge is 2.38. The van der Waals surface area contributed by atoms with Crippen LogP contribution in [0.1, 0.15) is 24.0 Å². The lowest BCUT2D eigenvalue weighted by atomic mass is 9.71. The van der Waals surface area contributed by atoms with Gasteiger partial charge in [-0.3, -0.25) is 10.1 Å². The van der Waals surface area contributed by atoms with E-state index >= 15 is 0 Å². The highest BCUT2D eigenvalue weighted by molar-refractivity contribution is 14.1. The van der Waals surface area contributed by atoms with Crippen LogP contribution in [0, 0.1) is 13.7 Å². The Morgan fingerprint density at radius 3 is 2.84 bits per heavy atom. The van der Waals surface area contributed by atoms with Crippen LogP contribution in [0.2, 0.25) is 5.02 Å². The van der Waals surface area contributed by atoms with Crippen molar-refractivity contribution in [2.45, 2.75) is 24.7 Å². The third-order valence-electron chi connectivity index (χ3n) is 4.50. The number of aryl methyl sites for hydroxylation is 1. The van der Waals surface area contributed by atoms with Gasteiger partial charge >= 0.3 is 5.69 Å². The zero-order chi connectivity index (χ0) is 18.0. The molecule has 130 valence electrons. The fourth-order valence-electron chi connectivity index (χ4n) is 3.25. The van der Waals surface area contributed by atoms with Crippen LogP contribution in [0.3, 0.4) is 0 Å². The van der Waals surface area contributed by atoms with Crippen molar-refractivity contribution in [2.24, 2.45) is 0 Å². The molecule has 0 heterocycles. The fourth-order valence-corrected chi connectivity index (χ4v) is 3.92. The van der Waals surface area contributed by atoms with Crippen molar-refractivity contribution in [1.82, 2.24) is 0 Å². The predicted octanol–water partition coefficient (Wildman–Crippen LogP) is 4.70. The molecule has 0 N–H and O–H groups in total. The summed E-state index contributed by atoms with van der Waals surface area (Å²) in [5.74, 6) is 0.174. The molecule has 0 bridgehead atoms. The van der Waals surface area contributed by atoms with Gasteiger partial charge in [-0.05, 0) is 77.2 Å². The number of rotatable bonds is 5. The Balaban J connectivity index is 1.93. The minimum atomic E-state index is -0.810. The van der Waals surface area contributed by atoms with Gasteiger partial charge in [0.25, 0.3) is 0 Å². The van der Waals surface area contributed by atoms with Crippen LogP contribution in [0.5, 0.6) is 5.75 Å². The Bertz CT molecular complexity index is 842. The van der Waals surface area contributed by atoms with Crippen LogP contribution in [0.25, 0.3) is 0 Å². The maximum absolute atomic E-state index is 12.0. The van der Waals surface area contributed by atoms with E-state index in [1.165, 1.54) is 6.07 Å². The number of fused-ring (bicyclic) bond motifs is 1. The van der Waals surface area contributed by atoms with Crippen molar-refractivity contribution in [1.29, 1.82) is 0 Å².